The molecule has 1 fully saturated rings. The molecule has 1 aliphatic rings. The number of benzene rings is 1. The molecule has 0 aromatic heterocycles. The maximum absolute atomic E-state index is 12.5. The molecule has 0 bridgehead atoms. The van der Waals surface area contributed by atoms with Crippen LogP contribution in [0, 0.1) is 13.5 Å². The molecular weight excluding hydrogens is 311 g/mol. The van der Waals surface area contributed by atoms with Crippen molar-refractivity contribution in [3.63, 3.8) is 0 Å². The molecule has 1 atom stereocenters. The SMILES string of the molecule is CCCC(C(=O)c1cc[c-]cc1)N1CCCC1.[CH3-].[Y]. The van der Waals surface area contributed by atoms with Crippen LogP contribution in [0.2, 0.25) is 0 Å². The quantitative estimate of drug-likeness (QED) is 0.608. The van der Waals surface area contributed by atoms with Crippen LogP contribution in [0.25, 0.3) is 0 Å². The molecule has 0 amide bonds. The topological polar surface area (TPSA) is 20.3 Å². The van der Waals surface area contributed by atoms with Crippen LogP contribution in [0.3, 0.4) is 0 Å². The molecular formula is C16H23NOY-2. The number of hydrogen-bond acceptors (Lipinski definition) is 2. The number of ketones is 1. The maximum Gasteiger partial charge on any atom is 0.156 e. The van der Waals surface area contributed by atoms with Crippen LogP contribution in [0.1, 0.15) is 43.0 Å². The van der Waals surface area contributed by atoms with Gasteiger partial charge in [-0.1, -0.05) is 18.9 Å². The summed E-state index contributed by atoms with van der Waals surface area (Å²) in [5, 5.41) is 0. The van der Waals surface area contributed by atoms with Gasteiger partial charge in [0.15, 0.2) is 5.78 Å². The summed E-state index contributed by atoms with van der Waals surface area (Å²) in [5.74, 6) is 0.280. The molecule has 1 radical (unpaired) electrons. The van der Waals surface area contributed by atoms with Crippen molar-refractivity contribution in [2.24, 2.45) is 0 Å². The van der Waals surface area contributed by atoms with Gasteiger partial charge in [0.25, 0.3) is 0 Å². The van der Waals surface area contributed by atoms with Gasteiger partial charge in [-0.3, -0.25) is 9.69 Å². The Kier molecular flexibility index (Phi) is 9.77. The van der Waals surface area contributed by atoms with Gasteiger partial charge < -0.3 is 7.43 Å². The van der Waals surface area contributed by atoms with Crippen molar-refractivity contribution >= 4 is 5.78 Å². The third kappa shape index (κ3) is 5.09. The standard InChI is InChI=1S/C15H20NO.CH3.Y/c1-2-8-14(16-11-6-7-12-16)15(17)13-9-4-3-5-10-13;;/h4-5,9-10,14H,2,6-8,11-12H2,1H3;1H3;/q2*-1;. The van der Waals surface area contributed by atoms with Gasteiger partial charge in [-0.05, 0) is 32.4 Å². The molecule has 3 heteroatoms. The molecule has 1 aromatic carbocycles. The van der Waals surface area contributed by atoms with E-state index in [1.165, 1.54) is 12.8 Å². The Morgan fingerprint density at radius 1 is 1.32 bits per heavy atom. The Bertz CT molecular complexity index is 360. The largest absolute Gasteiger partial charge is 0.358 e. The zero-order valence-electron chi connectivity index (χ0n) is 12.1. The van der Waals surface area contributed by atoms with Crippen LogP contribution >= 0.6 is 0 Å². The summed E-state index contributed by atoms with van der Waals surface area (Å²) in [6.07, 6.45) is 4.50. The molecule has 1 heterocycles. The molecule has 1 unspecified atom stereocenters. The molecule has 0 saturated carbocycles. The third-order valence-electron chi connectivity index (χ3n) is 3.45. The second-order valence-electron chi connectivity index (χ2n) is 4.70. The third-order valence-corrected chi connectivity index (χ3v) is 3.45. The van der Waals surface area contributed by atoms with E-state index in [1.54, 1.807) is 0 Å². The molecule has 2 nitrogen and oxygen atoms in total. The smallest absolute Gasteiger partial charge is 0.156 e. The van der Waals surface area contributed by atoms with E-state index in [0.717, 1.165) is 31.5 Å². The van der Waals surface area contributed by atoms with Crippen LogP contribution in [0.15, 0.2) is 24.3 Å². The van der Waals surface area contributed by atoms with Crippen LogP contribution < -0.4 is 0 Å². The minimum atomic E-state index is 0. The first kappa shape index (κ1) is 19.0. The Balaban J connectivity index is 0.00000162. The van der Waals surface area contributed by atoms with Crippen molar-refractivity contribution in [2.75, 3.05) is 13.1 Å². The molecule has 2 rings (SSSR count). The summed E-state index contributed by atoms with van der Waals surface area (Å²) in [7, 11) is 0. The predicted octanol–water partition coefficient (Wildman–Crippen LogP) is 3.38. The Hall–Kier alpha value is -0.0461. The minimum Gasteiger partial charge on any atom is -0.358 e. The maximum atomic E-state index is 12.5. The summed E-state index contributed by atoms with van der Waals surface area (Å²) in [4.78, 5) is 14.8. The zero-order valence-corrected chi connectivity index (χ0v) is 14.9. The molecule has 19 heavy (non-hydrogen) atoms. The van der Waals surface area contributed by atoms with E-state index in [2.05, 4.69) is 17.9 Å². The molecule has 1 aliphatic heterocycles. The second kappa shape index (κ2) is 9.79. The molecule has 103 valence electrons. The normalized spacial score (nSPS) is 16.3. The molecule has 0 spiro atoms. The monoisotopic (exact) mass is 334 g/mol. The Morgan fingerprint density at radius 3 is 2.42 bits per heavy atom. The number of likely N-dealkylation sites (tertiary alicyclic amines) is 1. The van der Waals surface area contributed by atoms with E-state index in [4.69, 9.17) is 0 Å². The van der Waals surface area contributed by atoms with Crippen molar-refractivity contribution in [1.29, 1.82) is 0 Å². The average molecular weight is 334 g/mol. The van der Waals surface area contributed by atoms with Crippen LogP contribution in [-0.2, 0) is 32.7 Å². The molecule has 1 aromatic rings. The van der Waals surface area contributed by atoms with Crippen molar-refractivity contribution in [3.8, 4) is 0 Å². The first-order valence-electron chi connectivity index (χ1n) is 6.57. The van der Waals surface area contributed by atoms with Gasteiger partial charge in [-0.25, -0.2) is 0 Å². The molecule has 0 N–H and O–H groups in total. The molecule has 1 saturated heterocycles. The van der Waals surface area contributed by atoms with Crippen LogP contribution in [0.5, 0.6) is 0 Å². The van der Waals surface area contributed by atoms with Gasteiger partial charge >= 0.3 is 0 Å². The first-order chi connectivity index (χ1) is 8.33. The van der Waals surface area contributed by atoms with E-state index in [9.17, 15) is 4.79 Å². The van der Waals surface area contributed by atoms with Crippen molar-refractivity contribution < 1.29 is 37.5 Å². The number of rotatable bonds is 5. The number of nitrogens with zero attached hydrogens (tertiary/aromatic N) is 1. The number of carbonyl (C=O) groups excluding carboxylic acids is 1. The van der Waals surface area contributed by atoms with E-state index in [-0.39, 0.29) is 52.0 Å². The summed E-state index contributed by atoms with van der Waals surface area (Å²) in [6, 6.07) is 10.4. The average Bonchev–Trinajstić information content (AvgIpc) is 2.90. The van der Waals surface area contributed by atoms with Gasteiger partial charge in [0, 0.05) is 32.7 Å². The van der Waals surface area contributed by atoms with Crippen molar-refractivity contribution in [1.82, 2.24) is 4.90 Å². The van der Waals surface area contributed by atoms with Crippen molar-refractivity contribution in [2.45, 2.75) is 38.6 Å². The fourth-order valence-corrected chi connectivity index (χ4v) is 2.55. The zero-order chi connectivity index (χ0) is 12.1. The number of Topliss-reactive ketones (excluding diaryl/α,β-unsaturated/α-hetero) is 1. The summed E-state index contributed by atoms with van der Waals surface area (Å²) in [6.45, 7) is 4.31. The van der Waals surface area contributed by atoms with Gasteiger partial charge in [0.05, 0.1) is 6.04 Å². The van der Waals surface area contributed by atoms with Crippen LogP contribution in [0.4, 0.5) is 0 Å². The Labute approximate surface area is 142 Å². The summed E-state index contributed by atoms with van der Waals surface area (Å²) < 4.78 is 0. The summed E-state index contributed by atoms with van der Waals surface area (Å²) >= 11 is 0. The van der Waals surface area contributed by atoms with E-state index in [1.807, 2.05) is 24.3 Å². The fraction of sp³-hybridized carbons (Fsp3) is 0.500. The van der Waals surface area contributed by atoms with Gasteiger partial charge in [-0.15, -0.1) is 0 Å². The minimum absolute atomic E-state index is 0. The van der Waals surface area contributed by atoms with Gasteiger partial charge in [0.2, 0.25) is 0 Å². The van der Waals surface area contributed by atoms with Gasteiger partial charge in [-0.2, -0.15) is 30.3 Å². The summed E-state index contributed by atoms with van der Waals surface area (Å²) in [5.41, 5.74) is 0.828. The molecule has 0 aliphatic carbocycles. The number of hydrogen-bond donors (Lipinski definition) is 0. The first-order valence-corrected chi connectivity index (χ1v) is 6.57. The second-order valence-corrected chi connectivity index (χ2v) is 4.70. The van der Waals surface area contributed by atoms with Crippen LogP contribution in [-0.4, -0.2) is 29.8 Å². The van der Waals surface area contributed by atoms with E-state index < -0.39 is 0 Å². The van der Waals surface area contributed by atoms with E-state index >= 15 is 0 Å². The van der Waals surface area contributed by atoms with Gasteiger partial charge in [0.1, 0.15) is 0 Å². The fourth-order valence-electron chi connectivity index (χ4n) is 2.55. The van der Waals surface area contributed by atoms with E-state index in [0.29, 0.717) is 0 Å². The van der Waals surface area contributed by atoms with Crippen molar-refractivity contribution in [3.05, 3.63) is 43.3 Å². The predicted molar refractivity (Wildman–Crippen MR) is 75.5 cm³/mol. The number of carbonyl (C=O) groups is 1. The Morgan fingerprint density at radius 2 is 1.89 bits per heavy atom.